The fourth-order valence-electron chi connectivity index (χ4n) is 2.66. The second-order valence-corrected chi connectivity index (χ2v) is 5.57. The van der Waals surface area contributed by atoms with Crippen LogP contribution in [0.2, 0.25) is 0 Å². The maximum atomic E-state index is 5.52. The van der Waals surface area contributed by atoms with Gasteiger partial charge in [-0.25, -0.2) is 0 Å². The molecule has 0 radical (unpaired) electrons. The number of hydrogen-bond acceptors (Lipinski definition) is 3. The van der Waals surface area contributed by atoms with Gasteiger partial charge in [0.2, 0.25) is 0 Å². The molecule has 2 fully saturated rings. The van der Waals surface area contributed by atoms with Gasteiger partial charge in [-0.05, 0) is 50.9 Å². The summed E-state index contributed by atoms with van der Waals surface area (Å²) < 4.78 is 11.0. The lowest BCUT2D eigenvalue weighted by atomic mass is 9.76. The highest BCUT2D eigenvalue weighted by Crippen LogP contribution is 2.35. The molecule has 0 atom stereocenters. The van der Waals surface area contributed by atoms with Crippen LogP contribution < -0.4 is 5.32 Å². The zero-order chi connectivity index (χ0) is 12.0. The molecule has 0 aromatic heterocycles. The Morgan fingerprint density at radius 1 is 1.29 bits per heavy atom. The van der Waals surface area contributed by atoms with Gasteiger partial charge in [0.15, 0.2) is 0 Å². The topological polar surface area (TPSA) is 30.5 Å². The summed E-state index contributed by atoms with van der Waals surface area (Å²) in [6.45, 7) is 6.91. The Balaban J connectivity index is 1.73. The number of rotatable bonds is 8. The first-order valence-corrected chi connectivity index (χ1v) is 7.23. The second kappa shape index (κ2) is 6.72. The zero-order valence-electron chi connectivity index (χ0n) is 11.2. The quantitative estimate of drug-likeness (QED) is 0.662. The predicted octanol–water partition coefficient (Wildman–Crippen LogP) is 2.35. The lowest BCUT2D eigenvalue weighted by Crippen LogP contribution is -2.40. The Labute approximate surface area is 105 Å². The molecule has 0 aromatic carbocycles. The van der Waals surface area contributed by atoms with Gasteiger partial charge in [0.25, 0.3) is 0 Å². The van der Waals surface area contributed by atoms with Gasteiger partial charge in [0.1, 0.15) is 0 Å². The van der Waals surface area contributed by atoms with Crippen LogP contribution >= 0.6 is 0 Å². The van der Waals surface area contributed by atoms with Crippen molar-refractivity contribution in [2.24, 2.45) is 5.41 Å². The largest absolute Gasteiger partial charge is 0.382 e. The van der Waals surface area contributed by atoms with Crippen LogP contribution in [0.5, 0.6) is 0 Å². The molecule has 3 heteroatoms. The first-order chi connectivity index (χ1) is 8.35. The van der Waals surface area contributed by atoms with Crippen LogP contribution in [0.3, 0.4) is 0 Å². The summed E-state index contributed by atoms with van der Waals surface area (Å²) in [6.07, 6.45) is 7.69. The van der Waals surface area contributed by atoms with Gasteiger partial charge in [-0.15, -0.1) is 0 Å². The van der Waals surface area contributed by atoms with Gasteiger partial charge in [-0.2, -0.15) is 0 Å². The first-order valence-electron chi connectivity index (χ1n) is 7.23. The van der Waals surface area contributed by atoms with Crippen molar-refractivity contribution in [3.05, 3.63) is 0 Å². The maximum absolute atomic E-state index is 5.52. The molecule has 2 aliphatic rings. The minimum atomic E-state index is 0.484. The van der Waals surface area contributed by atoms with E-state index in [2.05, 4.69) is 12.2 Å². The summed E-state index contributed by atoms with van der Waals surface area (Å²) in [7, 11) is 0. The molecule has 1 N–H and O–H groups in total. The van der Waals surface area contributed by atoms with Crippen molar-refractivity contribution in [1.82, 2.24) is 5.32 Å². The van der Waals surface area contributed by atoms with E-state index in [-0.39, 0.29) is 0 Å². The van der Waals surface area contributed by atoms with E-state index in [9.17, 15) is 0 Å². The van der Waals surface area contributed by atoms with Gasteiger partial charge in [0, 0.05) is 39.0 Å². The van der Waals surface area contributed by atoms with E-state index in [1.165, 1.54) is 45.1 Å². The molecular weight excluding hydrogens is 214 g/mol. The molecule has 1 heterocycles. The van der Waals surface area contributed by atoms with Crippen molar-refractivity contribution in [2.45, 2.75) is 51.5 Å². The summed E-state index contributed by atoms with van der Waals surface area (Å²) >= 11 is 0. The highest BCUT2D eigenvalue weighted by molar-refractivity contribution is 4.89. The van der Waals surface area contributed by atoms with Gasteiger partial charge in [0.05, 0.1) is 0 Å². The summed E-state index contributed by atoms with van der Waals surface area (Å²) in [5, 5.41) is 3.71. The third kappa shape index (κ3) is 4.57. The maximum Gasteiger partial charge on any atom is 0.0471 e. The Hall–Kier alpha value is -0.120. The Bertz CT molecular complexity index is 210. The highest BCUT2D eigenvalue weighted by atomic mass is 16.5. The molecule has 1 aliphatic heterocycles. The van der Waals surface area contributed by atoms with E-state index < -0.39 is 0 Å². The third-order valence-corrected chi connectivity index (χ3v) is 4.10. The van der Waals surface area contributed by atoms with Crippen molar-refractivity contribution in [3.8, 4) is 0 Å². The second-order valence-electron chi connectivity index (χ2n) is 5.57. The number of hydrogen-bond donors (Lipinski definition) is 1. The first kappa shape index (κ1) is 13.3. The van der Waals surface area contributed by atoms with E-state index in [1.807, 2.05) is 0 Å². The summed E-state index contributed by atoms with van der Waals surface area (Å²) in [6, 6.07) is 0.821. The minimum absolute atomic E-state index is 0.484. The minimum Gasteiger partial charge on any atom is -0.382 e. The molecule has 0 unspecified atom stereocenters. The molecule has 100 valence electrons. The lowest BCUT2D eigenvalue weighted by molar-refractivity contribution is 0.00495. The third-order valence-electron chi connectivity index (χ3n) is 4.10. The molecule has 0 spiro atoms. The average Bonchev–Trinajstić information content (AvgIpc) is 3.18. The van der Waals surface area contributed by atoms with Crippen molar-refractivity contribution in [3.63, 3.8) is 0 Å². The SMILES string of the molecule is CCOCCCC1(CNC2CC2)CCOCC1. The molecule has 0 amide bonds. The summed E-state index contributed by atoms with van der Waals surface area (Å²) in [4.78, 5) is 0. The smallest absolute Gasteiger partial charge is 0.0471 e. The molecule has 1 aliphatic carbocycles. The lowest BCUT2D eigenvalue weighted by Gasteiger charge is -2.37. The highest BCUT2D eigenvalue weighted by Gasteiger charge is 2.33. The van der Waals surface area contributed by atoms with E-state index in [1.54, 1.807) is 0 Å². The Morgan fingerprint density at radius 3 is 2.71 bits per heavy atom. The van der Waals surface area contributed by atoms with E-state index >= 15 is 0 Å². The van der Waals surface area contributed by atoms with Crippen LogP contribution in [0.4, 0.5) is 0 Å². The molecule has 0 aromatic rings. The fraction of sp³-hybridized carbons (Fsp3) is 1.00. The monoisotopic (exact) mass is 241 g/mol. The Kier molecular flexibility index (Phi) is 5.26. The molecule has 3 nitrogen and oxygen atoms in total. The molecule has 1 saturated heterocycles. The van der Waals surface area contributed by atoms with Crippen molar-refractivity contribution in [2.75, 3.05) is 33.0 Å². The fourth-order valence-corrected chi connectivity index (χ4v) is 2.66. The zero-order valence-corrected chi connectivity index (χ0v) is 11.2. The molecule has 2 rings (SSSR count). The number of ether oxygens (including phenoxy) is 2. The normalized spacial score (nSPS) is 23.8. The molecular formula is C14H27NO2. The molecule has 1 saturated carbocycles. The van der Waals surface area contributed by atoms with E-state index in [4.69, 9.17) is 9.47 Å². The van der Waals surface area contributed by atoms with Gasteiger partial charge in [-0.3, -0.25) is 0 Å². The van der Waals surface area contributed by atoms with E-state index in [0.29, 0.717) is 5.41 Å². The van der Waals surface area contributed by atoms with Crippen molar-refractivity contribution in [1.29, 1.82) is 0 Å². The van der Waals surface area contributed by atoms with Crippen molar-refractivity contribution < 1.29 is 9.47 Å². The molecule has 17 heavy (non-hydrogen) atoms. The average molecular weight is 241 g/mol. The van der Waals surface area contributed by atoms with Crippen LogP contribution in [-0.4, -0.2) is 39.0 Å². The standard InChI is InChI=1S/C14H27NO2/c1-2-16-9-3-6-14(7-10-17-11-8-14)12-15-13-4-5-13/h13,15H,2-12H2,1H3. The van der Waals surface area contributed by atoms with Crippen molar-refractivity contribution >= 4 is 0 Å². The predicted molar refractivity (Wildman–Crippen MR) is 69.2 cm³/mol. The summed E-state index contributed by atoms with van der Waals surface area (Å²) in [5.41, 5.74) is 0.484. The van der Waals surface area contributed by atoms with Gasteiger partial charge < -0.3 is 14.8 Å². The van der Waals surface area contributed by atoms with Crippen LogP contribution in [0.25, 0.3) is 0 Å². The Morgan fingerprint density at radius 2 is 2.06 bits per heavy atom. The molecule has 0 bridgehead atoms. The van der Waals surface area contributed by atoms with Crippen LogP contribution in [0.1, 0.15) is 45.4 Å². The van der Waals surface area contributed by atoms with E-state index in [0.717, 1.165) is 32.5 Å². The van der Waals surface area contributed by atoms with Crippen LogP contribution in [-0.2, 0) is 9.47 Å². The van der Waals surface area contributed by atoms with Crippen LogP contribution in [0, 0.1) is 5.41 Å². The van der Waals surface area contributed by atoms with Gasteiger partial charge >= 0.3 is 0 Å². The van der Waals surface area contributed by atoms with Gasteiger partial charge in [-0.1, -0.05) is 0 Å². The summed E-state index contributed by atoms with van der Waals surface area (Å²) in [5.74, 6) is 0. The number of nitrogens with one attached hydrogen (secondary N) is 1. The van der Waals surface area contributed by atoms with Crippen LogP contribution in [0.15, 0.2) is 0 Å².